The van der Waals surface area contributed by atoms with Crippen LogP contribution in [0.15, 0.2) is 36.9 Å². The second-order valence-corrected chi connectivity index (χ2v) is 8.43. The molecule has 1 heterocycles. The molecule has 0 aliphatic carbocycles. The maximum Gasteiger partial charge on any atom is 0.270 e. The molecule has 2 aromatic carbocycles. The summed E-state index contributed by atoms with van der Waals surface area (Å²) in [7, 11) is 3.19. The van der Waals surface area contributed by atoms with Gasteiger partial charge in [0.05, 0.1) is 23.4 Å². The number of alkyl halides is 2. The Morgan fingerprint density at radius 3 is 2.52 bits per heavy atom. The molecule has 0 amide bonds. The van der Waals surface area contributed by atoms with Crippen LogP contribution in [0.4, 0.5) is 8.78 Å². The van der Waals surface area contributed by atoms with Crippen LogP contribution in [0.2, 0.25) is 5.02 Å². The summed E-state index contributed by atoms with van der Waals surface area (Å²) in [5.41, 5.74) is 2.51. The van der Waals surface area contributed by atoms with Gasteiger partial charge in [0, 0.05) is 39.6 Å². The first kappa shape index (κ1) is 21.8. The zero-order chi connectivity index (χ0) is 21.7. The van der Waals surface area contributed by atoms with Crippen molar-refractivity contribution in [1.29, 1.82) is 0 Å². The molecule has 0 aliphatic heterocycles. The number of nitrogens with zero attached hydrogens (tertiary/aromatic N) is 1. The molecule has 3 nitrogen and oxygen atoms in total. The van der Waals surface area contributed by atoms with Crippen molar-refractivity contribution in [3.63, 3.8) is 0 Å². The van der Waals surface area contributed by atoms with Gasteiger partial charge in [-0.25, -0.2) is 8.78 Å². The number of benzene rings is 2. The van der Waals surface area contributed by atoms with E-state index in [2.05, 4.69) is 6.58 Å². The lowest BCUT2D eigenvalue weighted by Gasteiger charge is -2.14. The van der Waals surface area contributed by atoms with Gasteiger partial charge in [0.25, 0.3) is 5.92 Å². The van der Waals surface area contributed by atoms with Gasteiger partial charge in [-0.1, -0.05) is 18.2 Å². The number of hydrogen-bond acceptors (Lipinski definition) is 2. The number of aryl methyl sites for hydroxylation is 2. The minimum atomic E-state index is -2.97. The first-order valence-electron chi connectivity index (χ1n) is 8.71. The normalized spacial score (nSPS) is 11.7. The lowest BCUT2D eigenvalue weighted by molar-refractivity contribution is 0.0175. The van der Waals surface area contributed by atoms with Crippen LogP contribution < -0.4 is 0 Å². The second kappa shape index (κ2) is 7.72. The Balaban J connectivity index is 2.22. The summed E-state index contributed by atoms with van der Waals surface area (Å²) in [5.74, 6) is -2.85. The van der Waals surface area contributed by atoms with Gasteiger partial charge < -0.3 is 9.30 Å². The fraction of sp³-hybridized carbons (Fsp3) is 0.227. The van der Waals surface area contributed by atoms with E-state index < -0.39 is 5.92 Å². The van der Waals surface area contributed by atoms with Gasteiger partial charge in [-0.15, -0.1) is 0 Å². The summed E-state index contributed by atoms with van der Waals surface area (Å²) >= 11 is 8.40. The molecule has 1 aromatic heterocycles. The summed E-state index contributed by atoms with van der Waals surface area (Å²) in [6.07, 6.45) is 0. The first-order valence-corrected chi connectivity index (χ1v) is 10.2. The van der Waals surface area contributed by atoms with Gasteiger partial charge in [0.15, 0.2) is 0 Å². The van der Waals surface area contributed by atoms with Crippen molar-refractivity contribution in [3.05, 3.63) is 73.5 Å². The molecule has 7 heteroatoms. The van der Waals surface area contributed by atoms with E-state index >= 15 is 0 Å². The smallest absolute Gasteiger partial charge is 0.270 e. The van der Waals surface area contributed by atoms with Gasteiger partial charge in [-0.05, 0) is 65.4 Å². The van der Waals surface area contributed by atoms with E-state index in [1.165, 1.54) is 19.2 Å². The van der Waals surface area contributed by atoms with Gasteiger partial charge in [0.2, 0.25) is 5.78 Å². The van der Waals surface area contributed by atoms with Crippen molar-refractivity contribution >= 4 is 56.6 Å². The highest BCUT2D eigenvalue weighted by Gasteiger charge is 2.27. The van der Waals surface area contributed by atoms with Gasteiger partial charge >= 0.3 is 0 Å². The topological polar surface area (TPSA) is 31.2 Å². The van der Waals surface area contributed by atoms with Gasteiger partial charge in [0.1, 0.15) is 5.76 Å². The van der Waals surface area contributed by atoms with E-state index in [1.807, 2.05) is 22.6 Å². The fourth-order valence-electron chi connectivity index (χ4n) is 3.29. The number of hydrogen-bond donors (Lipinski definition) is 0. The molecule has 3 rings (SSSR count). The second-order valence-electron chi connectivity index (χ2n) is 6.94. The molecule has 0 unspecified atom stereocenters. The molecule has 0 fully saturated rings. The van der Waals surface area contributed by atoms with Crippen molar-refractivity contribution in [1.82, 2.24) is 4.57 Å². The van der Waals surface area contributed by atoms with E-state index in [0.29, 0.717) is 42.3 Å². The van der Waals surface area contributed by atoms with Crippen LogP contribution in [0.5, 0.6) is 0 Å². The van der Waals surface area contributed by atoms with Gasteiger partial charge in [-0.3, -0.25) is 4.79 Å². The maximum atomic E-state index is 13.9. The summed E-state index contributed by atoms with van der Waals surface area (Å²) in [5, 5.41) is 1.04. The lowest BCUT2D eigenvalue weighted by Crippen LogP contribution is -2.11. The van der Waals surface area contributed by atoms with E-state index in [1.54, 1.807) is 36.7 Å². The summed E-state index contributed by atoms with van der Waals surface area (Å²) in [6, 6.07) is 7.97. The summed E-state index contributed by atoms with van der Waals surface area (Å²) in [6.45, 7) is 6.46. The molecule has 0 spiro atoms. The van der Waals surface area contributed by atoms with Crippen LogP contribution in [0.1, 0.15) is 39.7 Å². The molecule has 0 saturated carbocycles. The number of rotatable bonds is 5. The van der Waals surface area contributed by atoms with Crippen LogP contribution in [0.25, 0.3) is 16.7 Å². The average Bonchev–Trinajstić information content (AvgIpc) is 2.98. The molecule has 0 bridgehead atoms. The largest absolute Gasteiger partial charge is 0.497 e. The third-order valence-corrected chi connectivity index (χ3v) is 6.41. The third kappa shape index (κ3) is 3.80. The molecule has 152 valence electrons. The average molecular weight is 530 g/mol. The molecule has 3 aromatic rings. The third-order valence-electron chi connectivity index (χ3n) is 4.97. The number of methoxy groups -OCH3 is 1. The monoisotopic (exact) mass is 529 g/mol. The Hall–Kier alpha value is -1.93. The number of halogens is 4. The number of aromatic nitrogens is 1. The van der Waals surface area contributed by atoms with Crippen molar-refractivity contribution in [2.24, 2.45) is 7.05 Å². The summed E-state index contributed by atoms with van der Waals surface area (Å²) in [4.78, 5) is 13.4. The molecular weight excluding hydrogens is 511 g/mol. The van der Waals surface area contributed by atoms with Crippen molar-refractivity contribution < 1.29 is 18.3 Å². The minimum Gasteiger partial charge on any atom is -0.497 e. The van der Waals surface area contributed by atoms with Gasteiger partial charge in [-0.2, -0.15) is 0 Å². The fourth-order valence-corrected chi connectivity index (χ4v) is 4.71. The van der Waals surface area contributed by atoms with Crippen molar-refractivity contribution in [2.45, 2.75) is 19.8 Å². The van der Waals surface area contributed by atoms with Crippen molar-refractivity contribution in [2.75, 3.05) is 7.11 Å². The molecule has 0 aliphatic rings. The Morgan fingerprint density at radius 2 is 1.93 bits per heavy atom. The molecule has 0 N–H and O–H groups in total. The molecule has 0 atom stereocenters. The van der Waals surface area contributed by atoms with Crippen LogP contribution in [-0.2, 0) is 17.7 Å². The highest BCUT2D eigenvalue weighted by atomic mass is 127. The van der Waals surface area contributed by atoms with Crippen LogP contribution in [0.3, 0.4) is 0 Å². The van der Waals surface area contributed by atoms with Crippen molar-refractivity contribution in [3.8, 4) is 0 Å². The predicted octanol–water partition coefficient (Wildman–Crippen LogP) is 6.70. The zero-order valence-corrected chi connectivity index (χ0v) is 19.3. The van der Waals surface area contributed by atoms with E-state index in [-0.39, 0.29) is 11.3 Å². The Bertz CT molecular complexity index is 1160. The molecule has 0 radical (unpaired) electrons. The standard InChI is InChI=1S/C22H19ClF2INO2/c1-11-8-13(22(3,24)25)9-17-15(11)10-18(27(17)4)21(28)19-16(23)7-6-14(20(19)26)12(2)29-5/h6-10H,2H2,1,3-5H3. The minimum absolute atomic E-state index is 0.0892. The lowest BCUT2D eigenvalue weighted by atomic mass is 10.0. The SMILES string of the molecule is C=C(OC)c1ccc(Cl)c(C(=O)c2cc3c(C)cc(C(C)(F)F)cc3n2C)c1I. The molecule has 29 heavy (non-hydrogen) atoms. The molecular formula is C22H19ClF2INO2. The number of ether oxygens (including phenoxy) is 1. The van der Waals surface area contributed by atoms with Crippen LogP contribution in [0, 0.1) is 10.5 Å². The van der Waals surface area contributed by atoms with E-state index in [9.17, 15) is 13.6 Å². The Kier molecular flexibility index (Phi) is 5.80. The summed E-state index contributed by atoms with van der Waals surface area (Å²) < 4.78 is 35.2. The molecule has 0 saturated heterocycles. The quantitative estimate of drug-likeness (QED) is 0.209. The first-order chi connectivity index (χ1) is 13.5. The highest BCUT2D eigenvalue weighted by molar-refractivity contribution is 14.1. The maximum absolute atomic E-state index is 13.9. The number of fused-ring (bicyclic) bond motifs is 1. The Labute approximate surface area is 186 Å². The number of ketones is 1. The number of carbonyl (C=O) groups excluding carboxylic acids is 1. The zero-order valence-electron chi connectivity index (χ0n) is 16.4. The van der Waals surface area contributed by atoms with E-state index in [0.717, 1.165) is 12.3 Å². The predicted molar refractivity (Wildman–Crippen MR) is 121 cm³/mol. The van der Waals surface area contributed by atoms with Crippen LogP contribution >= 0.6 is 34.2 Å². The highest BCUT2D eigenvalue weighted by Crippen LogP contribution is 2.35. The Morgan fingerprint density at radius 1 is 1.28 bits per heavy atom. The van der Waals surface area contributed by atoms with Crippen LogP contribution in [-0.4, -0.2) is 17.5 Å². The van der Waals surface area contributed by atoms with E-state index in [4.69, 9.17) is 16.3 Å². The number of carbonyl (C=O) groups is 1.